The standard InChI is InChI=1S/C20H18F3N5O2/c21-20(22,23)13-5-6-17(24-12-13)27-7-9-28(10-8-27)18(29)11-16-14-3-1-2-4-15(14)19(30)26-25-16/h1-6,12H,7-11H2,(H,26,30). The Hall–Kier alpha value is -3.43. The van der Waals surface area contributed by atoms with Crippen molar-refractivity contribution in [2.75, 3.05) is 31.1 Å². The number of halogens is 3. The highest BCUT2D eigenvalue weighted by atomic mass is 19.4. The first-order valence-corrected chi connectivity index (χ1v) is 9.35. The number of piperazine rings is 1. The Labute approximate surface area is 169 Å². The van der Waals surface area contributed by atoms with Crippen LogP contribution in [0.15, 0.2) is 47.4 Å². The maximum Gasteiger partial charge on any atom is 0.417 e. The van der Waals surface area contributed by atoms with E-state index < -0.39 is 11.7 Å². The number of hydrogen-bond acceptors (Lipinski definition) is 5. The lowest BCUT2D eigenvalue weighted by Crippen LogP contribution is -2.49. The van der Waals surface area contributed by atoms with Gasteiger partial charge in [-0.05, 0) is 18.2 Å². The van der Waals surface area contributed by atoms with Gasteiger partial charge in [-0.1, -0.05) is 18.2 Å². The SMILES string of the molecule is O=C(Cc1n[nH]c(=O)c2ccccc12)N1CCN(c2ccc(C(F)(F)F)cn2)CC1. The monoisotopic (exact) mass is 417 g/mol. The number of nitrogens with zero attached hydrogens (tertiary/aromatic N) is 4. The molecule has 1 aliphatic rings. The molecule has 0 radical (unpaired) electrons. The molecular weight excluding hydrogens is 399 g/mol. The number of aromatic amines is 1. The van der Waals surface area contributed by atoms with Gasteiger partial charge in [0.25, 0.3) is 5.56 Å². The number of fused-ring (bicyclic) bond motifs is 1. The van der Waals surface area contributed by atoms with Crippen LogP contribution in [0.3, 0.4) is 0 Å². The van der Waals surface area contributed by atoms with E-state index in [4.69, 9.17) is 0 Å². The molecule has 0 aliphatic carbocycles. The third-order valence-corrected chi connectivity index (χ3v) is 5.13. The van der Waals surface area contributed by atoms with Gasteiger partial charge in [0, 0.05) is 37.8 Å². The number of aromatic nitrogens is 3. The topological polar surface area (TPSA) is 82.2 Å². The van der Waals surface area contributed by atoms with E-state index in [1.54, 1.807) is 29.2 Å². The first-order chi connectivity index (χ1) is 14.3. The molecule has 0 saturated carbocycles. The summed E-state index contributed by atoms with van der Waals surface area (Å²) in [6.07, 6.45) is -3.55. The Bertz CT molecular complexity index is 1120. The largest absolute Gasteiger partial charge is 0.417 e. The number of pyridine rings is 1. The molecule has 30 heavy (non-hydrogen) atoms. The summed E-state index contributed by atoms with van der Waals surface area (Å²) in [6, 6.07) is 9.32. The second-order valence-corrected chi connectivity index (χ2v) is 6.99. The third kappa shape index (κ3) is 3.98. The number of nitrogens with one attached hydrogen (secondary N) is 1. The van der Waals surface area contributed by atoms with Crippen LogP contribution in [-0.2, 0) is 17.4 Å². The number of benzene rings is 1. The molecule has 1 amide bonds. The van der Waals surface area contributed by atoms with Gasteiger partial charge in [0.15, 0.2) is 0 Å². The number of alkyl halides is 3. The van der Waals surface area contributed by atoms with E-state index >= 15 is 0 Å². The lowest BCUT2D eigenvalue weighted by atomic mass is 10.1. The first kappa shape index (κ1) is 19.9. The fraction of sp³-hybridized carbons (Fsp3) is 0.300. The Morgan fingerprint density at radius 2 is 1.73 bits per heavy atom. The van der Waals surface area contributed by atoms with Gasteiger partial charge in [0.1, 0.15) is 5.82 Å². The predicted molar refractivity (Wildman–Crippen MR) is 104 cm³/mol. The zero-order valence-electron chi connectivity index (χ0n) is 15.8. The van der Waals surface area contributed by atoms with Gasteiger partial charge in [-0.15, -0.1) is 0 Å². The maximum atomic E-state index is 12.7. The van der Waals surface area contributed by atoms with Crippen molar-refractivity contribution in [2.24, 2.45) is 0 Å². The molecule has 1 fully saturated rings. The number of rotatable bonds is 3. The number of hydrogen-bond donors (Lipinski definition) is 1. The van der Waals surface area contributed by atoms with Gasteiger partial charge in [-0.25, -0.2) is 10.1 Å². The maximum absolute atomic E-state index is 12.7. The van der Waals surface area contributed by atoms with E-state index in [-0.39, 0.29) is 17.9 Å². The zero-order valence-corrected chi connectivity index (χ0v) is 15.8. The molecule has 10 heteroatoms. The second-order valence-electron chi connectivity index (χ2n) is 6.99. The number of anilines is 1. The van der Waals surface area contributed by atoms with Crippen LogP contribution in [0.4, 0.5) is 19.0 Å². The molecule has 156 valence electrons. The van der Waals surface area contributed by atoms with Crippen LogP contribution < -0.4 is 10.5 Å². The summed E-state index contributed by atoms with van der Waals surface area (Å²) in [5.41, 5.74) is -0.595. The van der Waals surface area contributed by atoms with Crippen LogP contribution in [0.1, 0.15) is 11.3 Å². The summed E-state index contributed by atoms with van der Waals surface area (Å²) in [4.78, 5) is 32.0. The first-order valence-electron chi connectivity index (χ1n) is 9.35. The van der Waals surface area contributed by atoms with Gasteiger partial charge in [-0.2, -0.15) is 18.3 Å². The Morgan fingerprint density at radius 1 is 1.03 bits per heavy atom. The summed E-state index contributed by atoms with van der Waals surface area (Å²) in [5.74, 6) is 0.322. The highest BCUT2D eigenvalue weighted by Crippen LogP contribution is 2.29. The zero-order chi connectivity index (χ0) is 21.3. The van der Waals surface area contributed by atoms with Crippen molar-refractivity contribution in [3.63, 3.8) is 0 Å². The normalized spacial score (nSPS) is 14.9. The van der Waals surface area contributed by atoms with E-state index in [2.05, 4.69) is 15.2 Å². The van der Waals surface area contributed by atoms with Crippen molar-refractivity contribution in [1.82, 2.24) is 20.1 Å². The molecule has 0 bridgehead atoms. The van der Waals surface area contributed by atoms with Crippen molar-refractivity contribution in [3.8, 4) is 0 Å². The van der Waals surface area contributed by atoms with Crippen LogP contribution in [0.25, 0.3) is 10.8 Å². The predicted octanol–water partition coefficient (Wildman–Crippen LogP) is 2.23. The average Bonchev–Trinajstić information content (AvgIpc) is 2.75. The molecular formula is C20H18F3N5O2. The Kier molecular flexibility index (Phi) is 5.15. The van der Waals surface area contributed by atoms with Crippen molar-refractivity contribution in [1.29, 1.82) is 0 Å². The third-order valence-electron chi connectivity index (χ3n) is 5.13. The van der Waals surface area contributed by atoms with Crippen LogP contribution in [0.5, 0.6) is 0 Å². The van der Waals surface area contributed by atoms with E-state index in [1.165, 1.54) is 6.07 Å². The number of carbonyl (C=O) groups excluding carboxylic acids is 1. The smallest absolute Gasteiger partial charge is 0.353 e. The molecule has 1 N–H and O–H groups in total. The lowest BCUT2D eigenvalue weighted by Gasteiger charge is -2.35. The van der Waals surface area contributed by atoms with Crippen molar-refractivity contribution >= 4 is 22.5 Å². The summed E-state index contributed by atoms with van der Waals surface area (Å²) in [6.45, 7) is 1.76. The van der Waals surface area contributed by atoms with E-state index in [0.29, 0.717) is 48.5 Å². The van der Waals surface area contributed by atoms with E-state index in [0.717, 1.165) is 12.3 Å². The Balaban J connectivity index is 1.40. The summed E-state index contributed by atoms with van der Waals surface area (Å²) in [5, 5.41) is 7.58. The van der Waals surface area contributed by atoms with Crippen LogP contribution in [0.2, 0.25) is 0 Å². The van der Waals surface area contributed by atoms with Crippen molar-refractivity contribution < 1.29 is 18.0 Å². The number of H-pyrrole nitrogens is 1. The van der Waals surface area contributed by atoms with Crippen molar-refractivity contribution in [2.45, 2.75) is 12.6 Å². The molecule has 3 aromatic rings. The van der Waals surface area contributed by atoms with Gasteiger partial charge >= 0.3 is 6.18 Å². The van der Waals surface area contributed by atoms with Gasteiger partial charge < -0.3 is 9.80 Å². The molecule has 1 aromatic carbocycles. The van der Waals surface area contributed by atoms with Crippen LogP contribution in [0, 0.1) is 0 Å². The fourth-order valence-corrected chi connectivity index (χ4v) is 3.49. The quantitative estimate of drug-likeness (QED) is 0.707. The van der Waals surface area contributed by atoms with Crippen molar-refractivity contribution in [3.05, 3.63) is 64.2 Å². The summed E-state index contributed by atoms with van der Waals surface area (Å²) in [7, 11) is 0. The van der Waals surface area contributed by atoms with Crippen LogP contribution in [-0.4, -0.2) is 52.2 Å². The Morgan fingerprint density at radius 3 is 2.37 bits per heavy atom. The molecule has 3 heterocycles. The fourth-order valence-electron chi connectivity index (χ4n) is 3.49. The molecule has 1 saturated heterocycles. The van der Waals surface area contributed by atoms with Gasteiger partial charge in [-0.3, -0.25) is 9.59 Å². The molecule has 2 aromatic heterocycles. The minimum absolute atomic E-state index is 0.0514. The minimum Gasteiger partial charge on any atom is -0.353 e. The van der Waals surface area contributed by atoms with E-state index in [9.17, 15) is 22.8 Å². The molecule has 0 atom stereocenters. The highest BCUT2D eigenvalue weighted by Gasteiger charge is 2.31. The minimum atomic E-state index is -4.42. The van der Waals surface area contributed by atoms with E-state index in [1.807, 2.05) is 4.90 Å². The molecule has 4 rings (SSSR count). The average molecular weight is 417 g/mol. The highest BCUT2D eigenvalue weighted by molar-refractivity contribution is 5.88. The van der Waals surface area contributed by atoms with Gasteiger partial charge in [0.2, 0.25) is 5.91 Å². The molecule has 1 aliphatic heterocycles. The van der Waals surface area contributed by atoms with Crippen LogP contribution >= 0.6 is 0 Å². The van der Waals surface area contributed by atoms with Gasteiger partial charge in [0.05, 0.1) is 23.1 Å². The number of carbonyl (C=O) groups is 1. The lowest BCUT2D eigenvalue weighted by molar-refractivity contribution is -0.137. The summed E-state index contributed by atoms with van der Waals surface area (Å²) >= 11 is 0. The molecule has 7 nitrogen and oxygen atoms in total. The number of amides is 1. The molecule has 0 unspecified atom stereocenters. The second kappa shape index (κ2) is 7.77. The summed E-state index contributed by atoms with van der Waals surface area (Å²) < 4.78 is 38.0. The molecule has 0 spiro atoms.